The predicted molar refractivity (Wildman–Crippen MR) is 78.6 cm³/mol. The van der Waals surface area contributed by atoms with Crippen molar-refractivity contribution in [3.63, 3.8) is 0 Å². The van der Waals surface area contributed by atoms with Crippen LogP contribution in [0.3, 0.4) is 0 Å². The summed E-state index contributed by atoms with van der Waals surface area (Å²) in [6, 6.07) is 8.59. The van der Waals surface area contributed by atoms with Crippen LogP contribution in [0.25, 0.3) is 0 Å². The zero-order chi connectivity index (χ0) is 15.9. The molecule has 1 fully saturated rings. The topological polar surface area (TPSA) is 93.5 Å². The van der Waals surface area contributed by atoms with Gasteiger partial charge in [0.15, 0.2) is 0 Å². The summed E-state index contributed by atoms with van der Waals surface area (Å²) in [5.74, 6) is -0.733. The average Bonchev–Trinajstić information content (AvgIpc) is 2.55. The molecule has 1 aliphatic rings. The fourth-order valence-corrected chi connectivity index (χ4v) is 2.21. The summed E-state index contributed by atoms with van der Waals surface area (Å²) in [6.07, 6.45) is 0.480. The molecule has 0 aliphatic carbocycles. The van der Waals surface area contributed by atoms with E-state index in [0.29, 0.717) is 37.4 Å². The van der Waals surface area contributed by atoms with Crippen LogP contribution in [0.4, 0.5) is 5.69 Å². The normalized spacial score (nSPS) is 14.1. The number of benzene rings is 1. The van der Waals surface area contributed by atoms with Gasteiger partial charge in [0, 0.05) is 26.2 Å². The SMILES string of the molecule is N#Cc1ccccc1NC(=O)CC(=O)N1CCN(C=O)CC1. The van der Waals surface area contributed by atoms with E-state index in [1.807, 2.05) is 6.07 Å². The fraction of sp³-hybridized carbons (Fsp3) is 0.333. The first-order valence-corrected chi connectivity index (χ1v) is 6.90. The maximum absolute atomic E-state index is 12.0. The van der Waals surface area contributed by atoms with E-state index in [1.54, 1.807) is 34.1 Å². The van der Waals surface area contributed by atoms with Crippen molar-refractivity contribution in [1.82, 2.24) is 9.80 Å². The van der Waals surface area contributed by atoms with Gasteiger partial charge in [-0.15, -0.1) is 0 Å². The molecule has 3 amide bonds. The number of anilines is 1. The van der Waals surface area contributed by atoms with E-state index < -0.39 is 5.91 Å². The molecular formula is C15H16N4O3. The number of nitriles is 1. The molecule has 22 heavy (non-hydrogen) atoms. The monoisotopic (exact) mass is 300 g/mol. The summed E-state index contributed by atoms with van der Waals surface area (Å²) in [6.45, 7) is 1.82. The van der Waals surface area contributed by atoms with Gasteiger partial charge < -0.3 is 15.1 Å². The lowest BCUT2D eigenvalue weighted by Crippen LogP contribution is -2.48. The van der Waals surface area contributed by atoms with Crippen LogP contribution in [0.5, 0.6) is 0 Å². The number of nitrogens with zero attached hydrogens (tertiary/aromatic N) is 3. The van der Waals surface area contributed by atoms with Crippen molar-refractivity contribution >= 4 is 23.9 Å². The van der Waals surface area contributed by atoms with Gasteiger partial charge in [-0.3, -0.25) is 14.4 Å². The lowest BCUT2D eigenvalue weighted by molar-refractivity contribution is -0.137. The summed E-state index contributed by atoms with van der Waals surface area (Å²) in [4.78, 5) is 37.7. The second-order valence-electron chi connectivity index (χ2n) is 4.90. The van der Waals surface area contributed by atoms with E-state index in [0.717, 1.165) is 6.41 Å². The van der Waals surface area contributed by atoms with E-state index in [2.05, 4.69) is 5.32 Å². The summed E-state index contributed by atoms with van der Waals surface area (Å²) < 4.78 is 0. The molecule has 2 rings (SSSR count). The highest BCUT2D eigenvalue weighted by molar-refractivity contribution is 6.04. The molecule has 114 valence electrons. The van der Waals surface area contributed by atoms with Crippen LogP contribution in [-0.2, 0) is 14.4 Å². The number of hydrogen-bond donors (Lipinski definition) is 1. The van der Waals surface area contributed by atoms with Crippen molar-refractivity contribution < 1.29 is 14.4 Å². The molecular weight excluding hydrogens is 284 g/mol. The molecule has 0 spiro atoms. The Morgan fingerprint density at radius 2 is 1.91 bits per heavy atom. The molecule has 0 bridgehead atoms. The van der Waals surface area contributed by atoms with E-state index in [1.165, 1.54) is 0 Å². The smallest absolute Gasteiger partial charge is 0.233 e. The first-order valence-electron chi connectivity index (χ1n) is 6.90. The highest BCUT2D eigenvalue weighted by atomic mass is 16.2. The second-order valence-corrected chi connectivity index (χ2v) is 4.90. The Bertz CT molecular complexity index is 615. The number of amides is 3. The Morgan fingerprint density at radius 3 is 2.55 bits per heavy atom. The van der Waals surface area contributed by atoms with E-state index in [4.69, 9.17) is 5.26 Å². The molecule has 1 aromatic carbocycles. The first-order chi connectivity index (χ1) is 10.6. The molecule has 0 atom stereocenters. The van der Waals surface area contributed by atoms with Gasteiger partial charge >= 0.3 is 0 Å². The van der Waals surface area contributed by atoms with Crippen LogP contribution in [0.1, 0.15) is 12.0 Å². The maximum atomic E-state index is 12.0. The van der Waals surface area contributed by atoms with Crippen molar-refractivity contribution in [2.75, 3.05) is 31.5 Å². The Kier molecular flexibility index (Phi) is 5.09. The highest BCUT2D eigenvalue weighted by Crippen LogP contribution is 2.14. The zero-order valence-corrected chi connectivity index (χ0v) is 12.0. The number of para-hydroxylation sites is 1. The van der Waals surface area contributed by atoms with E-state index in [9.17, 15) is 14.4 Å². The minimum Gasteiger partial charge on any atom is -0.342 e. The number of rotatable bonds is 4. The van der Waals surface area contributed by atoms with Crippen LogP contribution in [0.2, 0.25) is 0 Å². The van der Waals surface area contributed by atoms with Crippen molar-refractivity contribution in [2.24, 2.45) is 0 Å². The van der Waals surface area contributed by atoms with Crippen LogP contribution < -0.4 is 5.32 Å². The molecule has 0 unspecified atom stereocenters. The minimum atomic E-state index is -0.453. The maximum Gasteiger partial charge on any atom is 0.233 e. The van der Waals surface area contributed by atoms with E-state index >= 15 is 0 Å². The Labute approximate surface area is 128 Å². The molecule has 1 N–H and O–H groups in total. The van der Waals surface area contributed by atoms with E-state index in [-0.39, 0.29) is 12.3 Å². The highest BCUT2D eigenvalue weighted by Gasteiger charge is 2.22. The van der Waals surface area contributed by atoms with Gasteiger partial charge in [0.1, 0.15) is 12.5 Å². The van der Waals surface area contributed by atoms with Crippen LogP contribution >= 0.6 is 0 Å². The number of carbonyl (C=O) groups is 3. The molecule has 7 nitrogen and oxygen atoms in total. The second kappa shape index (κ2) is 7.22. The summed E-state index contributed by atoms with van der Waals surface area (Å²) >= 11 is 0. The number of carbonyl (C=O) groups excluding carboxylic acids is 3. The largest absolute Gasteiger partial charge is 0.342 e. The summed E-state index contributed by atoms with van der Waals surface area (Å²) in [7, 11) is 0. The van der Waals surface area contributed by atoms with Gasteiger partial charge in [-0.2, -0.15) is 5.26 Å². The first kappa shape index (κ1) is 15.5. The summed E-state index contributed by atoms with van der Waals surface area (Å²) in [5, 5.41) is 11.5. The molecule has 1 aliphatic heterocycles. The quantitative estimate of drug-likeness (QED) is 0.634. The van der Waals surface area contributed by atoms with Gasteiger partial charge in [-0.1, -0.05) is 12.1 Å². The van der Waals surface area contributed by atoms with Crippen molar-refractivity contribution in [3.05, 3.63) is 29.8 Å². The zero-order valence-electron chi connectivity index (χ0n) is 12.0. The third kappa shape index (κ3) is 3.82. The Hall–Kier alpha value is -2.88. The average molecular weight is 300 g/mol. The molecule has 0 aromatic heterocycles. The minimum absolute atomic E-state index is 0.277. The third-order valence-electron chi connectivity index (χ3n) is 3.45. The molecule has 1 saturated heterocycles. The van der Waals surface area contributed by atoms with Crippen LogP contribution in [0.15, 0.2) is 24.3 Å². The van der Waals surface area contributed by atoms with Crippen LogP contribution in [-0.4, -0.2) is 54.2 Å². The predicted octanol–water partition coefficient (Wildman–Crippen LogP) is 0.187. The fourth-order valence-electron chi connectivity index (χ4n) is 2.21. The van der Waals surface area contributed by atoms with Gasteiger partial charge in [-0.25, -0.2) is 0 Å². The van der Waals surface area contributed by atoms with Gasteiger partial charge in [0.2, 0.25) is 18.2 Å². The third-order valence-corrected chi connectivity index (χ3v) is 3.45. The summed E-state index contributed by atoms with van der Waals surface area (Å²) in [5.41, 5.74) is 0.747. The number of nitrogens with one attached hydrogen (secondary N) is 1. The molecule has 1 aromatic rings. The molecule has 0 radical (unpaired) electrons. The molecule has 1 heterocycles. The van der Waals surface area contributed by atoms with Gasteiger partial charge in [0.25, 0.3) is 0 Å². The number of piperazine rings is 1. The lowest BCUT2D eigenvalue weighted by atomic mass is 10.2. The van der Waals surface area contributed by atoms with Crippen molar-refractivity contribution in [3.8, 4) is 6.07 Å². The Morgan fingerprint density at radius 1 is 1.23 bits per heavy atom. The van der Waals surface area contributed by atoms with Crippen molar-refractivity contribution in [2.45, 2.75) is 6.42 Å². The van der Waals surface area contributed by atoms with Crippen LogP contribution in [0, 0.1) is 11.3 Å². The van der Waals surface area contributed by atoms with Crippen molar-refractivity contribution in [1.29, 1.82) is 5.26 Å². The standard InChI is InChI=1S/C15H16N4O3/c16-10-12-3-1-2-4-13(12)17-14(21)9-15(22)19-7-5-18(11-20)6-8-19/h1-4,11H,5-9H2,(H,17,21). The van der Waals surface area contributed by atoms with Gasteiger partial charge in [0.05, 0.1) is 11.3 Å². The lowest BCUT2D eigenvalue weighted by Gasteiger charge is -2.32. The molecule has 0 saturated carbocycles. The number of hydrogen-bond acceptors (Lipinski definition) is 4. The molecule has 7 heteroatoms. The Balaban J connectivity index is 1.88. The van der Waals surface area contributed by atoms with Gasteiger partial charge in [-0.05, 0) is 12.1 Å².